The number of aromatic nitrogens is 4. The van der Waals surface area contributed by atoms with E-state index in [2.05, 4.69) is 15.0 Å². The first-order valence-electron chi connectivity index (χ1n) is 9.50. The molecule has 1 aliphatic heterocycles. The summed E-state index contributed by atoms with van der Waals surface area (Å²) in [6.45, 7) is 0.259. The van der Waals surface area contributed by atoms with Gasteiger partial charge < -0.3 is 10.5 Å². The highest BCUT2D eigenvalue weighted by molar-refractivity contribution is 7.33. The third-order valence-corrected chi connectivity index (χ3v) is 6.99. The first-order chi connectivity index (χ1) is 13.1. The Morgan fingerprint density at radius 3 is 2.89 bits per heavy atom. The number of imidazole rings is 1. The van der Waals surface area contributed by atoms with Crippen LogP contribution < -0.4 is 5.73 Å². The van der Waals surface area contributed by atoms with Gasteiger partial charge in [-0.2, -0.15) is 0 Å². The number of nitrogen functional groups attached to an aromatic ring is 1. The van der Waals surface area contributed by atoms with Gasteiger partial charge >= 0.3 is 8.25 Å². The molecule has 10 heteroatoms. The summed E-state index contributed by atoms with van der Waals surface area (Å²) < 4.78 is 31.5. The van der Waals surface area contributed by atoms with Gasteiger partial charge in [0.1, 0.15) is 30.3 Å². The van der Waals surface area contributed by atoms with Crippen LogP contribution in [0.15, 0.2) is 12.7 Å². The van der Waals surface area contributed by atoms with E-state index in [-0.39, 0.29) is 24.5 Å². The van der Waals surface area contributed by atoms with Crippen molar-refractivity contribution in [3.8, 4) is 0 Å². The molecule has 2 aromatic heterocycles. The Hall–Kier alpha value is -1.67. The molecule has 3 aliphatic rings. The summed E-state index contributed by atoms with van der Waals surface area (Å²) in [5.41, 5.74) is 6.86. The van der Waals surface area contributed by atoms with Crippen molar-refractivity contribution in [1.82, 2.24) is 19.5 Å². The minimum atomic E-state index is -2.11. The Morgan fingerprint density at radius 1 is 1.26 bits per heavy atom. The topological polar surface area (TPSA) is 114 Å². The third-order valence-electron chi connectivity index (χ3n) is 6.09. The van der Waals surface area contributed by atoms with Gasteiger partial charge in [0, 0.05) is 4.57 Å². The number of rotatable bonds is 6. The lowest BCUT2D eigenvalue weighted by Crippen LogP contribution is -2.24. The molecular formula is C17H23N5O4P+. The molecular weight excluding hydrogens is 369 g/mol. The van der Waals surface area contributed by atoms with Crippen molar-refractivity contribution in [3.05, 3.63) is 12.7 Å². The molecule has 9 nitrogen and oxygen atoms in total. The normalized spacial score (nSPS) is 33.2. The van der Waals surface area contributed by atoms with Crippen LogP contribution in [0.25, 0.3) is 11.2 Å². The lowest BCUT2D eigenvalue weighted by molar-refractivity contribution is -0.0212. The monoisotopic (exact) mass is 392 g/mol. The van der Waals surface area contributed by atoms with E-state index in [4.69, 9.17) is 19.5 Å². The number of nitrogens with two attached hydrogens (primary N) is 1. The largest absolute Gasteiger partial charge is 0.698 e. The van der Waals surface area contributed by atoms with Crippen molar-refractivity contribution in [2.45, 2.75) is 62.9 Å². The second-order valence-corrected chi connectivity index (χ2v) is 8.70. The van der Waals surface area contributed by atoms with Crippen LogP contribution in [0.5, 0.6) is 0 Å². The molecule has 5 rings (SSSR count). The molecule has 2 bridgehead atoms. The predicted octanol–water partition coefficient (Wildman–Crippen LogP) is 3.11. The fourth-order valence-corrected chi connectivity index (χ4v) is 5.60. The van der Waals surface area contributed by atoms with Gasteiger partial charge in [-0.3, -0.25) is 4.57 Å². The maximum absolute atomic E-state index is 12.3. The quantitative estimate of drug-likeness (QED) is 0.746. The van der Waals surface area contributed by atoms with Gasteiger partial charge in [0.25, 0.3) is 0 Å². The van der Waals surface area contributed by atoms with Gasteiger partial charge in [-0.25, -0.2) is 15.0 Å². The first-order valence-corrected chi connectivity index (χ1v) is 10.6. The van der Waals surface area contributed by atoms with E-state index in [1.54, 1.807) is 6.33 Å². The summed E-state index contributed by atoms with van der Waals surface area (Å²) in [4.78, 5) is 12.5. The smallest absolute Gasteiger partial charge is 0.382 e. The van der Waals surface area contributed by atoms with Crippen LogP contribution in [-0.4, -0.2) is 37.8 Å². The highest BCUT2D eigenvalue weighted by Gasteiger charge is 2.52. The molecule has 2 saturated carbocycles. The lowest BCUT2D eigenvalue weighted by atomic mass is 9.98. The van der Waals surface area contributed by atoms with E-state index in [0.717, 1.165) is 38.0 Å². The molecule has 0 aromatic carbocycles. The minimum Gasteiger partial charge on any atom is -0.382 e. The summed E-state index contributed by atoms with van der Waals surface area (Å²) in [7, 11) is -2.11. The van der Waals surface area contributed by atoms with Crippen molar-refractivity contribution in [2.75, 3.05) is 12.3 Å². The van der Waals surface area contributed by atoms with E-state index in [9.17, 15) is 4.57 Å². The van der Waals surface area contributed by atoms with Gasteiger partial charge in [0.2, 0.25) is 0 Å². The Labute approximate surface area is 157 Å². The molecule has 3 fully saturated rings. The number of anilines is 1. The average molecular weight is 392 g/mol. The molecule has 3 atom stereocenters. The summed E-state index contributed by atoms with van der Waals surface area (Å²) in [6, 6.07) is 0. The molecule has 144 valence electrons. The zero-order valence-electron chi connectivity index (χ0n) is 15.0. The van der Waals surface area contributed by atoms with Crippen LogP contribution in [0.4, 0.5) is 5.82 Å². The first kappa shape index (κ1) is 17.4. The van der Waals surface area contributed by atoms with E-state index in [1.165, 1.54) is 19.2 Å². The molecule has 2 N–H and O–H groups in total. The van der Waals surface area contributed by atoms with Crippen LogP contribution in [-0.2, 0) is 18.3 Å². The zero-order valence-corrected chi connectivity index (χ0v) is 15.9. The number of hydrogen-bond donors (Lipinski definition) is 1. The summed E-state index contributed by atoms with van der Waals surface area (Å²) in [5.74, 6) is 1.10. The molecule has 2 aromatic rings. The van der Waals surface area contributed by atoms with Crippen LogP contribution in [0.2, 0.25) is 0 Å². The Bertz CT molecular complexity index is 866. The summed E-state index contributed by atoms with van der Waals surface area (Å²) >= 11 is 0. The fourth-order valence-electron chi connectivity index (χ4n) is 4.69. The Kier molecular flexibility index (Phi) is 4.35. The van der Waals surface area contributed by atoms with Crippen LogP contribution in [0.3, 0.4) is 0 Å². The van der Waals surface area contributed by atoms with E-state index in [0.29, 0.717) is 17.0 Å². The van der Waals surface area contributed by atoms with Crippen LogP contribution >= 0.6 is 8.25 Å². The summed E-state index contributed by atoms with van der Waals surface area (Å²) in [6.07, 6.45) is 9.77. The van der Waals surface area contributed by atoms with Crippen molar-refractivity contribution >= 4 is 25.2 Å². The Balaban J connectivity index is 1.16. The lowest BCUT2D eigenvalue weighted by Gasteiger charge is -2.18. The predicted molar refractivity (Wildman–Crippen MR) is 96.8 cm³/mol. The van der Waals surface area contributed by atoms with Crippen LogP contribution in [0.1, 0.15) is 51.2 Å². The number of fused-ring (bicyclic) bond motifs is 3. The van der Waals surface area contributed by atoms with Gasteiger partial charge in [-0.05, 0) is 50.9 Å². The molecule has 0 radical (unpaired) electrons. The van der Waals surface area contributed by atoms with Crippen molar-refractivity contribution < 1.29 is 18.3 Å². The molecule has 0 amide bonds. The molecule has 2 aliphatic carbocycles. The van der Waals surface area contributed by atoms with Crippen LogP contribution in [0, 0.1) is 5.92 Å². The number of hydrogen-bond acceptors (Lipinski definition) is 8. The molecule has 27 heavy (non-hydrogen) atoms. The van der Waals surface area contributed by atoms with E-state index < -0.39 is 8.25 Å². The van der Waals surface area contributed by atoms with Gasteiger partial charge in [0.15, 0.2) is 11.5 Å². The van der Waals surface area contributed by atoms with Gasteiger partial charge in [-0.15, -0.1) is 9.05 Å². The average Bonchev–Trinajstić information content (AvgIpc) is 3.42. The number of nitrogens with zero attached hydrogens (tertiary/aromatic N) is 4. The van der Waals surface area contributed by atoms with Crippen molar-refractivity contribution in [3.63, 3.8) is 0 Å². The van der Waals surface area contributed by atoms with Crippen molar-refractivity contribution in [2.24, 2.45) is 5.92 Å². The van der Waals surface area contributed by atoms with Gasteiger partial charge in [-0.1, -0.05) is 0 Å². The maximum atomic E-state index is 12.3. The van der Waals surface area contributed by atoms with E-state index in [1.807, 2.05) is 4.57 Å². The molecule has 3 heterocycles. The maximum Gasteiger partial charge on any atom is 0.698 e. The van der Waals surface area contributed by atoms with E-state index >= 15 is 0 Å². The highest BCUT2D eigenvalue weighted by Crippen LogP contribution is 2.53. The minimum absolute atomic E-state index is 0.133. The van der Waals surface area contributed by atoms with Crippen molar-refractivity contribution in [1.29, 1.82) is 0 Å². The molecule has 0 spiro atoms. The summed E-state index contributed by atoms with van der Waals surface area (Å²) in [5, 5.41) is 0. The molecule has 1 unspecified atom stereocenters. The third kappa shape index (κ3) is 3.23. The van der Waals surface area contributed by atoms with Gasteiger partial charge in [0.05, 0.1) is 12.4 Å². The second-order valence-electron chi connectivity index (χ2n) is 7.81. The zero-order chi connectivity index (χ0) is 18.4. The SMILES string of the molecule is Nc1ncnc2c1ncn2[C@H]1CC[C@@H](CO[P+](=O)OC23CCC(CC2)C3)O1. The number of ether oxygens (including phenoxy) is 1. The highest BCUT2D eigenvalue weighted by atomic mass is 31.1. The Morgan fingerprint density at radius 2 is 2.11 bits per heavy atom. The second kappa shape index (κ2) is 6.74. The fraction of sp³-hybridized carbons (Fsp3) is 0.706. The molecule has 1 saturated heterocycles. The standard InChI is InChI=1S/C17H23N5O4P/c18-15-14-16(20-9-19-15)22(10-21-14)13-2-1-12(25-13)8-24-27(23)26-17-5-3-11(7-17)4-6-17/h9-13H,1-8H2,(H2,18,19,20)/q+1/t11?,12-,13+,17?/m0/s1.